The Bertz CT molecular complexity index is 744. The first-order valence-corrected chi connectivity index (χ1v) is 10.7. The fourth-order valence-electron chi connectivity index (χ4n) is 4.05. The largest absolute Gasteiger partial charge is 0.381 e. The molecule has 166 valence electrons. The lowest BCUT2D eigenvalue weighted by Gasteiger charge is -2.27. The van der Waals surface area contributed by atoms with Gasteiger partial charge in [-0.2, -0.15) is 0 Å². The zero-order valence-corrected chi connectivity index (χ0v) is 17.8. The van der Waals surface area contributed by atoms with Crippen LogP contribution in [0.1, 0.15) is 50.0 Å². The molecule has 0 aromatic carbocycles. The molecule has 3 rings (SSSR count). The van der Waals surface area contributed by atoms with Gasteiger partial charge >= 0.3 is 0 Å². The first kappa shape index (κ1) is 22.3. The van der Waals surface area contributed by atoms with Crippen LogP contribution < -0.4 is 10.6 Å². The number of carbonyl (C=O) groups is 3. The van der Waals surface area contributed by atoms with Gasteiger partial charge in [0.15, 0.2) is 0 Å². The van der Waals surface area contributed by atoms with Gasteiger partial charge in [0.1, 0.15) is 11.5 Å². The molecule has 2 N–H and O–H groups in total. The zero-order chi connectivity index (χ0) is 21.5. The highest BCUT2D eigenvalue weighted by Crippen LogP contribution is 2.20. The van der Waals surface area contributed by atoms with Crippen molar-refractivity contribution < 1.29 is 23.6 Å². The van der Waals surface area contributed by atoms with E-state index in [1.807, 2.05) is 0 Å². The summed E-state index contributed by atoms with van der Waals surface area (Å²) in [5.41, 5.74) is 0.656. The maximum absolute atomic E-state index is 12.7. The smallest absolute Gasteiger partial charge is 0.223 e. The summed E-state index contributed by atoms with van der Waals surface area (Å²) in [4.78, 5) is 39.5. The monoisotopic (exact) mass is 420 g/mol. The Morgan fingerprint density at radius 3 is 2.63 bits per heavy atom. The molecule has 0 spiro atoms. The molecule has 2 aliphatic rings. The summed E-state index contributed by atoms with van der Waals surface area (Å²) < 4.78 is 10.3. The minimum absolute atomic E-state index is 0.0221. The molecule has 0 bridgehead atoms. The molecule has 2 aliphatic heterocycles. The van der Waals surface area contributed by atoms with Crippen molar-refractivity contribution >= 4 is 17.7 Å². The topological polar surface area (TPSA) is 114 Å². The molecule has 0 aliphatic carbocycles. The van der Waals surface area contributed by atoms with Crippen LogP contribution in [-0.4, -0.2) is 60.6 Å². The third-order valence-electron chi connectivity index (χ3n) is 5.88. The maximum atomic E-state index is 12.7. The molecule has 2 saturated heterocycles. The first-order chi connectivity index (χ1) is 14.4. The molecule has 3 heterocycles. The number of likely N-dealkylation sites (N-methyl/N-ethyl adjacent to an activating group) is 1. The molecular weight excluding hydrogens is 388 g/mol. The van der Waals surface area contributed by atoms with E-state index in [1.165, 1.54) is 0 Å². The van der Waals surface area contributed by atoms with Gasteiger partial charge in [0.25, 0.3) is 0 Å². The van der Waals surface area contributed by atoms with Crippen molar-refractivity contribution in [3.05, 3.63) is 17.5 Å². The Kier molecular flexibility index (Phi) is 7.84. The lowest BCUT2D eigenvalue weighted by Crippen LogP contribution is -2.46. The third-order valence-corrected chi connectivity index (χ3v) is 5.88. The Hall–Kier alpha value is -2.42. The number of aromatic nitrogens is 1. The van der Waals surface area contributed by atoms with Crippen molar-refractivity contribution in [2.45, 2.75) is 58.0 Å². The Balaban J connectivity index is 1.53. The standard InChI is InChI=1S/C21H32N4O5/c1-14-10-18(24-30-14)12-22-20(27)16-4-3-5-17(13-25(2)19(26)11-16)23-21(28)15-6-8-29-9-7-15/h10,15-17H,3-9,11-13H2,1-2H3,(H,22,27)(H,23,28)/t16-,17-/m1/s1. The van der Waals surface area contributed by atoms with E-state index in [1.54, 1.807) is 24.9 Å². The van der Waals surface area contributed by atoms with Crippen LogP contribution in [0.2, 0.25) is 0 Å². The fraction of sp³-hybridized carbons (Fsp3) is 0.714. The average molecular weight is 421 g/mol. The van der Waals surface area contributed by atoms with Gasteiger partial charge < -0.3 is 24.8 Å². The molecule has 3 amide bonds. The van der Waals surface area contributed by atoms with E-state index in [2.05, 4.69) is 15.8 Å². The minimum atomic E-state index is -0.391. The fourth-order valence-corrected chi connectivity index (χ4v) is 4.05. The highest BCUT2D eigenvalue weighted by molar-refractivity contribution is 5.86. The van der Waals surface area contributed by atoms with E-state index >= 15 is 0 Å². The first-order valence-electron chi connectivity index (χ1n) is 10.7. The summed E-state index contributed by atoms with van der Waals surface area (Å²) in [6.07, 6.45) is 3.74. The molecule has 2 fully saturated rings. The quantitative estimate of drug-likeness (QED) is 0.739. The molecule has 1 aromatic rings. The third kappa shape index (κ3) is 6.29. The van der Waals surface area contributed by atoms with Crippen molar-refractivity contribution in [1.82, 2.24) is 20.7 Å². The van der Waals surface area contributed by atoms with Crippen molar-refractivity contribution in [2.75, 3.05) is 26.8 Å². The molecule has 1 aromatic heterocycles. The summed E-state index contributed by atoms with van der Waals surface area (Å²) >= 11 is 0. The average Bonchev–Trinajstić information content (AvgIpc) is 3.18. The number of aryl methyl sites for hydroxylation is 1. The number of nitrogens with one attached hydrogen (secondary N) is 2. The number of amides is 3. The second kappa shape index (κ2) is 10.6. The van der Waals surface area contributed by atoms with Gasteiger partial charge in [0.2, 0.25) is 17.7 Å². The number of ether oxygens (including phenoxy) is 1. The van der Waals surface area contributed by atoms with E-state index in [9.17, 15) is 14.4 Å². The number of hydrogen-bond donors (Lipinski definition) is 2. The molecule has 30 heavy (non-hydrogen) atoms. The Morgan fingerprint density at radius 1 is 1.17 bits per heavy atom. The Labute approximate surface area is 176 Å². The van der Waals surface area contributed by atoms with Gasteiger partial charge in [-0.05, 0) is 32.6 Å². The van der Waals surface area contributed by atoms with Gasteiger partial charge in [-0.1, -0.05) is 11.6 Å². The highest BCUT2D eigenvalue weighted by Gasteiger charge is 2.29. The summed E-state index contributed by atoms with van der Waals surface area (Å²) in [5.74, 6) is 0.0821. The van der Waals surface area contributed by atoms with Crippen LogP contribution in [0.4, 0.5) is 0 Å². The predicted molar refractivity (Wildman–Crippen MR) is 108 cm³/mol. The zero-order valence-electron chi connectivity index (χ0n) is 17.8. The predicted octanol–water partition coefficient (Wildman–Crippen LogP) is 1.16. The lowest BCUT2D eigenvalue weighted by atomic mass is 9.95. The van der Waals surface area contributed by atoms with Crippen molar-refractivity contribution in [3.8, 4) is 0 Å². The van der Waals surface area contributed by atoms with Crippen LogP contribution in [0, 0.1) is 18.8 Å². The van der Waals surface area contributed by atoms with Crippen LogP contribution in [0.5, 0.6) is 0 Å². The number of carbonyl (C=O) groups excluding carboxylic acids is 3. The van der Waals surface area contributed by atoms with E-state index in [0.717, 1.165) is 25.7 Å². The van der Waals surface area contributed by atoms with Crippen LogP contribution in [0.25, 0.3) is 0 Å². The number of hydrogen-bond acceptors (Lipinski definition) is 6. The molecule has 0 radical (unpaired) electrons. The summed E-state index contributed by atoms with van der Waals surface area (Å²) in [7, 11) is 1.73. The van der Waals surface area contributed by atoms with Crippen molar-refractivity contribution in [1.29, 1.82) is 0 Å². The minimum Gasteiger partial charge on any atom is -0.381 e. The van der Waals surface area contributed by atoms with Crippen LogP contribution in [-0.2, 0) is 25.7 Å². The van der Waals surface area contributed by atoms with Gasteiger partial charge in [-0.25, -0.2) is 0 Å². The molecule has 0 saturated carbocycles. The van der Waals surface area contributed by atoms with Gasteiger partial charge in [-0.3, -0.25) is 14.4 Å². The number of nitrogens with zero attached hydrogens (tertiary/aromatic N) is 2. The van der Waals surface area contributed by atoms with E-state index < -0.39 is 5.92 Å². The van der Waals surface area contributed by atoms with E-state index in [0.29, 0.717) is 37.6 Å². The van der Waals surface area contributed by atoms with Crippen molar-refractivity contribution in [3.63, 3.8) is 0 Å². The normalized spacial score (nSPS) is 23.9. The number of rotatable bonds is 5. The van der Waals surface area contributed by atoms with Gasteiger partial charge in [0.05, 0.1) is 6.54 Å². The Morgan fingerprint density at radius 2 is 1.93 bits per heavy atom. The van der Waals surface area contributed by atoms with Crippen molar-refractivity contribution in [2.24, 2.45) is 11.8 Å². The SMILES string of the molecule is Cc1cc(CNC(=O)[C@@H]2CCC[C@@H](NC(=O)C3CCOCC3)CN(C)C(=O)C2)no1. The molecular formula is C21H32N4O5. The van der Waals surface area contributed by atoms with E-state index in [4.69, 9.17) is 9.26 Å². The van der Waals surface area contributed by atoms with Crippen LogP contribution in [0.3, 0.4) is 0 Å². The highest BCUT2D eigenvalue weighted by atomic mass is 16.5. The lowest BCUT2D eigenvalue weighted by molar-refractivity contribution is -0.136. The second-order valence-corrected chi connectivity index (χ2v) is 8.35. The molecule has 2 atom stereocenters. The summed E-state index contributed by atoms with van der Waals surface area (Å²) in [5, 5.41) is 9.85. The summed E-state index contributed by atoms with van der Waals surface area (Å²) in [6, 6.07) is 1.67. The van der Waals surface area contributed by atoms with E-state index in [-0.39, 0.29) is 42.6 Å². The molecule has 0 unspecified atom stereocenters. The van der Waals surface area contributed by atoms with Gasteiger partial charge in [-0.15, -0.1) is 0 Å². The second-order valence-electron chi connectivity index (χ2n) is 8.35. The molecule has 9 heteroatoms. The summed E-state index contributed by atoms with van der Waals surface area (Å²) in [6.45, 7) is 3.76. The molecule has 9 nitrogen and oxygen atoms in total. The van der Waals surface area contributed by atoms with Gasteiger partial charge in [0, 0.05) is 57.2 Å². The van der Waals surface area contributed by atoms with Crippen LogP contribution in [0.15, 0.2) is 10.6 Å². The van der Waals surface area contributed by atoms with Crippen LogP contribution >= 0.6 is 0 Å². The maximum Gasteiger partial charge on any atom is 0.223 e.